The van der Waals surface area contributed by atoms with Crippen molar-refractivity contribution in [1.82, 2.24) is 4.90 Å². The Kier molecular flexibility index (Phi) is 3.51. The van der Waals surface area contributed by atoms with E-state index in [1.54, 1.807) is 0 Å². The maximum Gasteiger partial charge on any atom is 0.0568 e. The summed E-state index contributed by atoms with van der Waals surface area (Å²) in [6, 6.07) is 6.73. The highest BCUT2D eigenvalue weighted by Crippen LogP contribution is 2.28. The second-order valence-electron chi connectivity index (χ2n) is 5.80. The number of hydrogen-bond donors (Lipinski definition) is 2. The molecule has 3 rings (SSSR count). The normalized spacial score (nSPS) is 24.8. The number of nitrogen functional groups attached to an aromatic ring is 2. The van der Waals surface area contributed by atoms with Gasteiger partial charge in [-0.05, 0) is 50.6 Å². The monoisotopic (exact) mass is 260 g/mol. The maximum atomic E-state index is 5.90. The summed E-state index contributed by atoms with van der Waals surface area (Å²) in [5, 5.41) is 0. The first-order valence-corrected chi connectivity index (χ1v) is 7.38. The minimum Gasteiger partial charge on any atom is -0.397 e. The molecule has 2 saturated heterocycles. The van der Waals surface area contributed by atoms with Crippen LogP contribution in [0.25, 0.3) is 0 Å². The van der Waals surface area contributed by atoms with Crippen LogP contribution < -0.4 is 16.4 Å². The summed E-state index contributed by atoms with van der Waals surface area (Å²) in [4.78, 5) is 5.11. The summed E-state index contributed by atoms with van der Waals surface area (Å²) in [7, 11) is 0. The van der Waals surface area contributed by atoms with Crippen LogP contribution in [0.3, 0.4) is 0 Å². The van der Waals surface area contributed by atoms with Crippen LogP contribution in [0.15, 0.2) is 18.2 Å². The molecule has 1 atom stereocenters. The van der Waals surface area contributed by atoms with Crippen LogP contribution in [0.4, 0.5) is 17.1 Å². The number of benzene rings is 1. The number of piperidine rings is 1. The van der Waals surface area contributed by atoms with Crippen molar-refractivity contribution in [2.24, 2.45) is 0 Å². The zero-order chi connectivity index (χ0) is 13.2. The molecule has 2 aliphatic heterocycles. The van der Waals surface area contributed by atoms with Crippen molar-refractivity contribution in [3.63, 3.8) is 0 Å². The van der Waals surface area contributed by atoms with Gasteiger partial charge in [-0.15, -0.1) is 0 Å². The van der Waals surface area contributed by atoms with Gasteiger partial charge >= 0.3 is 0 Å². The molecule has 1 unspecified atom stereocenters. The SMILES string of the molecule is Nc1ccc(N2CCC(N3CCCCC3)C2)cc1N. The molecule has 0 radical (unpaired) electrons. The van der Waals surface area contributed by atoms with E-state index >= 15 is 0 Å². The van der Waals surface area contributed by atoms with Crippen LogP contribution in [0.5, 0.6) is 0 Å². The van der Waals surface area contributed by atoms with Crippen molar-refractivity contribution in [3.8, 4) is 0 Å². The Bertz CT molecular complexity index is 440. The van der Waals surface area contributed by atoms with Crippen molar-refractivity contribution in [2.75, 3.05) is 42.5 Å². The number of anilines is 3. The molecule has 2 aliphatic rings. The first-order valence-electron chi connectivity index (χ1n) is 7.38. The van der Waals surface area contributed by atoms with Crippen LogP contribution >= 0.6 is 0 Å². The predicted octanol–water partition coefficient (Wildman–Crippen LogP) is 1.92. The van der Waals surface area contributed by atoms with Crippen molar-refractivity contribution in [2.45, 2.75) is 31.7 Å². The van der Waals surface area contributed by atoms with Gasteiger partial charge in [0.05, 0.1) is 11.4 Å². The van der Waals surface area contributed by atoms with Gasteiger partial charge in [-0.25, -0.2) is 0 Å². The van der Waals surface area contributed by atoms with Crippen LogP contribution in [-0.2, 0) is 0 Å². The molecule has 0 aromatic heterocycles. The van der Waals surface area contributed by atoms with Crippen LogP contribution in [0, 0.1) is 0 Å². The molecule has 0 aliphatic carbocycles. The van der Waals surface area contributed by atoms with Gasteiger partial charge in [-0.1, -0.05) is 6.42 Å². The van der Waals surface area contributed by atoms with E-state index in [2.05, 4.69) is 15.9 Å². The molecular weight excluding hydrogens is 236 g/mol. The molecule has 19 heavy (non-hydrogen) atoms. The van der Waals surface area contributed by atoms with Crippen LogP contribution in [-0.4, -0.2) is 37.1 Å². The highest BCUT2D eigenvalue weighted by molar-refractivity contribution is 5.70. The Labute approximate surface area is 115 Å². The second-order valence-corrected chi connectivity index (χ2v) is 5.80. The Morgan fingerprint density at radius 1 is 0.947 bits per heavy atom. The van der Waals surface area contributed by atoms with Gasteiger partial charge in [0.2, 0.25) is 0 Å². The maximum absolute atomic E-state index is 5.90. The van der Waals surface area contributed by atoms with E-state index in [1.807, 2.05) is 12.1 Å². The van der Waals surface area contributed by atoms with Crippen molar-refractivity contribution in [3.05, 3.63) is 18.2 Å². The lowest BCUT2D eigenvalue weighted by Gasteiger charge is -2.32. The Morgan fingerprint density at radius 3 is 2.47 bits per heavy atom. The average Bonchev–Trinajstić information content (AvgIpc) is 2.93. The summed E-state index contributed by atoms with van der Waals surface area (Å²) in [6.45, 7) is 4.82. The van der Waals surface area contributed by atoms with Gasteiger partial charge in [-0.2, -0.15) is 0 Å². The molecule has 0 spiro atoms. The van der Waals surface area contributed by atoms with Crippen molar-refractivity contribution >= 4 is 17.1 Å². The Hall–Kier alpha value is -1.42. The topological polar surface area (TPSA) is 58.5 Å². The second kappa shape index (κ2) is 5.29. The minimum absolute atomic E-state index is 0.676. The molecule has 2 heterocycles. The van der Waals surface area contributed by atoms with E-state index in [4.69, 9.17) is 11.5 Å². The van der Waals surface area contributed by atoms with Gasteiger partial charge in [0.15, 0.2) is 0 Å². The van der Waals surface area contributed by atoms with Gasteiger partial charge < -0.3 is 16.4 Å². The minimum atomic E-state index is 0.676. The van der Waals surface area contributed by atoms with Crippen LogP contribution in [0.2, 0.25) is 0 Å². The quantitative estimate of drug-likeness (QED) is 0.798. The molecule has 1 aromatic rings. The van der Waals surface area contributed by atoms with Gasteiger partial charge in [0, 0.05) is 24.8 Å². The van der Waals surface area contributed by atoms with Gasteiger partial charge in [0.25, 0.3) is 0 Å². The van der Waals surface area contributed by atoms with Crippen LogP contribution in [0.1, 0.15) is 25.7 Å². The zero-order valence-electron chi connectivity index (χ0n) is 11.5. The predicted molar refractivity (Wildman–Crippen MR) is 81.3 cm³/mol. The third-order valence-corrected chi connectivity index (χ3v) is 4.51. The van der Waals surface area contributed by atoms with E-state index in [9.17, 15) is 0 Å². The third kappa shape index (κ3) is 2.63. The molecular formula is C15H24N4. The first kappa shape index (κ1) is 12.6. The molecule has 4 nitrogen and oxygen atoms in total. The van der Waals surface area contributed by atoms with E-state index in [0.717, 1.165) is 19.1 Å². The number of rotatable bonds is 2. The van der Waals surface area contributed by atoms with E-state index < -0.39 is 0 Å². The highest BCUT2D eigenvalue weighted by atomic mass is 15.3. The lowest BCUT2D eigenvalue weighted by Crippen LogP contribution is -2.40. The average molecular weight is 260 g/mol. The highest BCUT2D eigenvalue weighted by Gasteiger charge is 2.28. The number of hydrogen-bond acceptors (Lipinski definition) is 4. The zero-order valence-corrected chi connectivity index (χ0v) is 11.5. The third-order valence-electron chi connectivity index (χ3n) is 4.51. The Balaban J connectivity index is 1.66. The molecule has 4 heteroatoms. The number of likely N-dealkylation sites (tertiary alicyclic amines) is 1. The van der Waals surface area contributed by atoms with E-state index in [1.165, 1.54) is 44.5 Å². The Morgan fingerprint density at radius 2 is 1.74 bits per heavy atom. The van der Waals surface area contributed by atoms with Crippen molar-refractivity contribution < 1.29 is 0 Å². The fourth-order valence-electron chi connectivity index (χ4n) is 3.32. The summed E-state index contributed by atoms with van der Waals surface area (Å²) < 4.78 is 0. The largest absolute Gasteiger partial charge is 0.397 e. The molecule has 2 fully saturated rings. The summed E-state index contributed by atoms with van der Waals surface area (Å²) >= 11 is 0. The smallest absolute Gasteiger partial charge is 0.0568 e. The fourth-order valence-corrected chi connectivity index (χ4v) is 3.32. The summed E-state index contributed by atoms with van der Waals surface area (Å²) in [5.74, 6) is 0. The standard InChI is InChI=1S/C15H24N4/c16-14-5-4-12(10-15(14)17)19-9-6-13(11-19)18-7-2-1-3-8-18/h4-5,10,13H,1-3,6-9,11,16-17H2. The lowest BCUT2D eigenvalue weighted by molar-refractivity contribution is 0.175. The molecule has 0 bridgehead atoms. The van der Waals surface area contributed by atoms with E-state index in [0.29, 0.717) is 11.4 Å². The lowest BCUT2D eigenvalue weighted by atomic mass is 10.1. The fraction of sp³-hybridized carbons (Fsp3) is 0.600. The number of nitrogens with two attached hydrogens (primary N) is 2. The van der Waals surface area contributed by atoms with Gasteiger partial charge in [0.1, 0.15) is 0 Å². The molecule has 0 amide bonds. The van der Waals surface area contributed by atoms with Crippen molar-refractivity contribution in [1.29, 1.82) is 0 Å². The molecule has 0 saturated carbocycles. The first-order chi connectivity index (χ1) is 9.24. The summed E-state index contributed by atoms with van der Waals surface area (Å²) in [5.41, 5.74) is 14.3. The molecule has 1 aromatic carbocycles. The summed E-state index contributed by atoms with van der Waals surface area (Å²) in [6.07, 6.45) is 5.41. The molecule has 104 valence electrons. The van der Waals surface area contributed by atoms with E-state index in [-0.39, 0.29) is 0 Å². The van der Waals surface area contributed by atoms with Gasteiger partial charge in [-0.3, -0.25) is 4.90 Å². The number of nitrogens with zero attached hydrogens (tertiary/aromatic N) is 2. The molecule has 4 N–H and O–H groups in total.